The minimum Gasteiger partial charge on any atom is -0.322 e. The van der Waals surface area contributed by atoms with Crippen molar-refractivity contribution in [3.63, 3.8) is 0 Å². The summed E-state index contributed by atoms with van der Waals surface area (Å²) in [4.78, 5) is 27.5. The molecule has 6 heteroatoms. The Morgan fingerprint density at radius 1 is 1.28 bits per heavy atom. The van der Waals surface area contributed by atoms with Gasteiger partial charge < -0.3 is 9.88 Å². The minimum atomic E-state index is -0.370. The van der Waals surface area contributed by atoms with Crippen molar-refractivity contribution >= 4 is 27.5 Å². The summed E-state index contributed by atoms with van der Waals surface area (Å²) >= 11 is 3.46. The normalized spacial score (nSPS) is 14.7. The van der Waals surface area contributed by atoms with Crippen LogP contribution in [-0.2, 0) is 13.6 Å². The second kappa shape index (κ2) is 7.54. The van der Waals surface area contributed by atoms with Crippen LogP contribution >= 0.6 is 15.9 Å². The van der Waals surface area contributed by atoms with E-state index in [9.17, 15) is 9.59 Å². The van der Waals surface area contributed by atoms with E-state index in [-0.39, 0.29) is 17.0 Å². The van der Waals surface area contributed by atoms with Gasteiger partial charge in [0, 0.05) is 29.9 Å². The molecule has 1 amide bonds. The second-order valence-electron chi connectivity index (χ2n) is 6.53. The van der Waals surface area contributed by atoms with Gasteiger partial charge in [-0.3, -0.25) is 14.5 Å². The summed E-state index contributed by atoms with van der Waals surface area (Å²) in [6.45, 7) is 4.83. The van der Waals surface area contributed by atoms with Gasteiger partial charge in [0.2, 0.25) is 0 Å². The number of carbonyl (C=O) groups excluding carboxylic acids is 1. The van der Waals surface area contributed by atoms with Crippen LogP contribution in [0.1, 0.15) is 34.3 Å². The van der Waals surface area contributed by atoms with Crippen LogP contribution in [-0.4, -0.2) is 28.5 Å². The number of nitrogens with one attached hydrogen (secondary N) is 1. The van der Waals surface area contributed by atoms with E-state index in [1.54, 1.807) is 13.1 Å². The first kappa shape index (κ1) is 17.9. The van der Waals surface area contributed by atoms with Gasteiger partial charge in [-0.2, -0.15) is 0 Å². The van der Waals surface area contributed by atoms with E-state index in [0.29, 0.717) is 5.69 Å². The molecule has 25 heavy (non-hydrogen) atoms. The van der Waals surface area contributed by atoms with E-state index >= 15 is 0 Å². The van der Waals surface area contributed by atoms with Gasteiger partial charge in [-0.15, -0.1) is 0 Å². The highest BCUT2D eigenvalue weighted by molar-refractivity contribution is 9.10. The molecular formula is C19H22BrN3O2. The number of pyridine rings is 1. The van der Waals surface area contributed by atoms with Crippen molar-refractivity contribution in [2.24, 2.45) is 7.05 Å². The maximum Gasteiger partial charge on any atom is 0.263 e. The van der Waals surface area contributed by atoms with Gasteiger partial charge in [0.1, 0.15) is 5.56 Å². The Labute approximate surface area is 155 Å². The number of aromatic nitrogens is 1. The number of hydrogen-bond donors (Lipinski definition) is 1. The zero-order valence-corrected chi connectivity index (χ0v) is 16.1. The van der Waals surface area contributed by atoms with Crippen LogP contribution in [0.5, 0.6) is 0 Å². The number of amides is 1. The summed E-state index contributed by atoms with van der Waals surface area (Å²) in [5.41, 5.74) is 2.52. The van der Waals surface area contributed by atoms with E-state index < -0.39 is 0 Å². The molecule has 132 valence electrons. The molecule has 1 aromatic carbocycles. The lowest BCUT2D eigenvalue weighted by molar-refractivity contribution is 0.102. The fourth-order valence-electron chi connectivity index (χ4n) is 3.16. The molecule has 0 aliphatic carbocycles. The molecule has 3 rings (SSSR count). The first-order valence-corrected chi connectivity index (χ1v) is 9.23. The van der Waals surface area contributed by atoms with E-state index in [0.717, 1.165) is 35.2 Å². The highest BCUT2D eigenvalue weighted by Gasteiger charge is 2.17. The number of rotatable bonds is 4. The first-order chi connectivity index (χ1) is 12.0. The maximum absolute atomic E-state index is 12.7. The predicted octanol–water partition coefficient (Wildman–Crippen LogP) is 3.30. The van der Waals surface area contributed by atoms with Gasteiger partial charge in [0.05, 0.1) is 0 Å². The molecule has 1 aliphatic rings. The first-order valence-electron chi connectivity index (χ1n) is 8.44. The Morgan fingerprint density at radius 2 is 2.00 bits per heavy atom. The third-order valence-electron chi connectivity index (χ3n) is 4.61. The van der Waals surface area contributed by atoms with Crippen LogP contribution < -0.4 is 10.9 Å². The van der Waals surface area contributed by atoms with Gasteiger partial charge in [-0.1, -0.05) is 22.0 Å². The second-order valence-corrected chi connectivity index (χ2v) is 7.38. The Balaban J connectivity index is 1.87. The molecule has 0 saturated carbocycles. The van der Waals surface area contributed by atoms with Crippen molar-refractivity contribution in [2.75, 3.05) is 18.4 Å². The van der Waals surface area contributed by atoms with Crippen LogP contribution in [0.25, 0.3) is 0 Å². The Kier molecular flexibility index (Phi) is 5.39. The maximum atomic E-state index is 12.7. The molecular weight excluding hydrogens is 382 g/mol. The van der Waals surface area contributed by atoms with Crippen molar-refractivity contribution < 1.29 is 4.79 Å². The summed E-state index contributed by atoms with van der Waals surface area (Å²) in [6.07, 6.45) is 4.24. The number of aryl methyl sites for hydroxylation is 1. The van der Waals surface area contributed by atoms with E-state index in [2.05, 4.69) is 26.1 Å². The largest absolute Gasteiger partial charge is 0.322 e. The van der Waals surface area contributed by atoms with Crippen molar-refractivity contribution in [3.8, 4) is 0 Å². The number of hydrogen-bond acceptors (Lipinski definition) is 3. The van der Waals surface area contributed by atoms with Crippen molar-refractivity contribution in [3.05, 3.63) is 62.0 Å². The minimum absolute atomic E-state index is 0.179. The number of benzene rings is 1. The third-order valence-corrected chi connectivity index (χ3v) is 5.46. The number of likely N-dealkylation sites (tertiary alicyclic amines) is 1. The monoisotopic (exact) mass is 403 g/mol. The van der Waals surface area contributed by atoms with Crippen molar-refractivity contribution in [2.45, 2.75) is 26.3 Å². The Morgan fingerprint density at radius 3 is 2.72 bits per heavy atom. The molecule has 1 aliphatic heterocycles. The summed E-state index contributed by atoms with van der Waals surface area (Å²) < 4.78 is 2.41. The summed E-state index contributed by atoms with van der Waals surface area (Å²) in [7, 11) is 1.69. The van der Waals surface area contributed by atoms with Crippen LogP contribution in [0, 0.1) is 6.92 Å². The van der Waals surface area contributed by atoms with Crippen LogP contribution in [0.15, 0.2) is 39.7 Å². The highest BCUT2D eigenvalue weighted by atomic mass is 79.9. The standard InChI is InChI=1S/C19H22BrN3O2/c1-13-16(20)6-5-7-17(13)21-18(24)15-10-14(11-22(2)19(15)25)12-23-8-3-4-9-23/h5-7,10-11H,3-4,8-9,12H2,1-2H3,(H,21,24). The van der Waals surface area contributed by atoms with Gasteiger partial charge in [-0.05, 0) is 62.2 Å². The quantitative estimate of drug-likeness (QED) is 0.851. The summed E-state index contributed by atoms with van der Waals surface area (Å²) in [5, 5.41) is 2.86. The molecule has 1 fully saturated rings. The van der Waals surface area contributed by atoms with Gasteiger partial charge in [-0.25, -0.2) is 0 Å². The molecule has 5 nitrogen and oxygen atoms in total. The molecule has 0 spiro atoms. The van der Waals surface area contributed by atoms with Crippen LogP contribution in [0.2, 0.25) is 0 Å². The molecule has 0 unspecified atom stereocenters. The Bertz CT molecular complexity index is 854. The lowest BCUT2D eigenvalue weighted by Gasteiger charge is -2.16. The molecule has 1 saturated heterocycles. The third kappa shape index (κ3) is 4.02. The molecule has 0 radical (unpaired) electrons. The average Bonchev–Trinajstić information content (AvgIpc) is 3.08. The van der Waals surface area contributed by atoms with Gasteiger partial charge >= 0.3 is 0 Å². The summed E-state index contributed by atoms with van der Waals surface area (Å²) in [6, 6.07) is 7.33. The molecule has 0 bridgehead atoms. The fourth-order valence-corrected chi connectivity index (χ4v) is 3.53. The molecule has 1 N–H and O–H groups in total. The van der Waals surface area contributed by atoms with E-state index in [4.69, 9.17) is 0 Å². The van der Waals surface area contributed by atoms with Gasteiger partial charge in [0.15, 0.2) is 0 Å². The lowest BCUT2D eigenvalue weighted by atomic mass is 10.1. The predicted molar refractivity (Wildman–Crippen MR) is 103 cm³/mol. The summed E-state index contributed by atoms with van der Waals surface area (Å²) in [5.74, 6) is -0.370. The van der Waals surface area contributed by atoms with Gasteiger partial charge in [0.25, 0.3) is 11.5 Å². The van der Waals surface area contributed by atoms with Crippen molar-refractivity contribution in [1.29, 1.82) is 0 Å². The highest BCUT2D eigenvalue weighted by Crippen LogP contribution is 2.23. The molecule has 0 atom stereocenters. The molecule has 1 aromatic heterocycles. The topological polar surface area (TPSA) is 54.3 Å². The Hall–Kier alpha value is -1.92. The smallest absolute Gasteiger partial charge is 0.263 e. The number of anilines is 1. The zero-order chi connectivity index (χ0) is 18.0. The van der Waals surface area contributed by atoms with Crippen molar-refractivity contribution in [1.82, 2.24) is 9.47 Å². The number of nitrogens with zero attached hydrogens (tertiary/aromatic N) is 2. The number of halogens is 1. The van der Waals surface area contributed by atoms with E-state index in [1.165, 1.54) is 17.4 Å². The SMILES string of the molecule is Cc1c(Br)cccc1NC(=O)c1cc(CN2CCCC2)cn(C)c1=O. The van der Waals surface area contributed by atoms with E-state index in [1.807, 2.05) is 31.3 Å². The fraction of sp³-hybridized carbons (Fsp3) is 0.368. The van der Waals surface area contributed by atoms with Crippen LogP contribution in [0.3, 0.4) is 0 Å². The van der Waals surface area contributed by atoms with Crippen LogP contribution in [0.4, 0.5) is 5.69 Å². The molecule has 2 aromatic rings. The lowest BCUT2D eigenvalue weighted by Crippen LogP contribution is -2.29. The average molecular weight is 404 g/mol. The number of carbonyl (C=O) groups is 1. The zero-order valence-electron chi connectivity index (χ0n) is 14.5. The molecule has 2 heterocycles.